The van der Waals surface area contributed by atoms with Crippen LogP contribution in [0.4, 0.5) is 0 Å². The van der Waals surface area contributed by atoms with Gasteiger partial charge in [0, 0.05) is 6.42 Å². The Morgan fingerprint density at radius 3 is 2.42 bits per heavy atom. The highest BCUT2D eigenvalue weighted by molar-refractivity contribution is 5.97. The van der Waals surface area contributed by atoms with E-state index in [1.54, 1.807) is 0 Å². The predicted molar refractivity (Wildman–Crippen MR) is 80.5 cm³/mol. The Morgan fingerprint density at radius 1 is 1.05 bits per heavy atom. The Hall–Kier alpha value is -1.37. The second kappa shape index (κ2) is 6.18. The van der Waals surface area contributed by atoms with Gasteiger partial charge in [0.15, 0.2) is 5.78 Å². The van der Waals surface area contributed by atoms with Gasteiger partial charge in [-0.3, -0.25) is 4.79 Å². The number of hydrogen-bond donors (Lipinski definition) is 0. The molecule has 1 aromatic rings. The summed E-state index contributed by atoms with van der Waals surface area (Å²) in [6, 6.07) is 4.36. The van der Waals surface area contributed by atoms with E-state index in [0.717, 1.165) is 18.4 Å². The molecule has 0 radical (unpaired) electrons. The molecule has 0 spiro atoms. The largest absolute Gasteiger partial charge is 0.294 e. The van der Waals surface area contributed by atoms with Gasteiger partial charge in [-0.25, -0.2) is 0 Å². The van der Waals surface area contributed by atoms with Crippen molar-refractivity contribution < 1.29 is 4.79 Å². The minimum Gasteiger partial charge on any atom is -0.294 e. The molecule has 0 fully saturated rings. The number of allylic oxidation sites excluding steroid dienone is 2. The van der Waals surface area contributed by atoms with Crippen molar-refractivity contribution in [1.29, 1.82) is 0 Å². The first kappa shape index (κ1) is 14.0. The fourth-order valence-corrected chi connectivity index (χ4v) is 3.03. The predicted octanol–water partition coefficient (Wildman–Crippen LogP) is 4.61. The van der Waals surface area contributed by atoms with Crippen molar-refractivity contribution in [3.05, 3.63) is 46.0 Å². The SMILES string of the molecule is Cc1cc(C)c(CC(=O)C2=CCCCCC2)c(C)c1. The standard InChI is InChI=1S/C18H24O/c1-13-10-14(2)17(15(3)11-13)12-18(19)16-8-6-4-5-7-9-16/h8,10-11H,4-7,9,12H2,1-3H3. The molecule has 1 nitrogen and oxygen atoms in total. The fourth-order valence-electron chi connectivity index (χ4n) is 3.03. The van der Waals surface area contributed by atoms with E-state index in [9.17, 15) is 4.79 Å². The van der Waals surface area contributed by atoms with Crippen molar-refractivity contribution in [2.45, 2.75) is 59.3 Å². The van der Waals surface area contributed by atoms with E-state index in [2.05, 4.69) is 39.0 Å². The summed E-state index contributed by atoms with van der Waals surface area (Å²) in [6.07, 6.45) is 8.46. The average molecular weight is 256 g/mol. The van der Waals surface area contributed by atoms with Crippen LogP contribution in [0.15, 0.2) is 23.8 Å². The van der Waals surface area contributed by atoms with E-state index in [1.165, 1.54) is 41.5 Å². The minimum atomic E-state index is 0.331. The van der Waals surface area contributed by atoms with Gasteiger partial charge in [0.25, 0.3) is 0 Å². The fraction of sp³-hybridized carbons (Fsp3) is 0.500. The van der Waals surface area contributed by atoms with Crippen LogP contribution in [0.3, 0.4) is 0 Å². The highest BCUT2D eigenvalue weighted by Gasteiger charge is 2.14. The second-order valence-electron chi connectivity index (χ2n) is 5.81. The first-order valence-corrected chi connectivity index (χ1v) is 7.37. The van der Waals surface area contributed by atoms with Gasteiger partial charge in [-0.1, -0.05) is 30.2 Å². The van der Waals surface area contributed by atoms with Gasteiger partial charge in [0.2, 0.25) is 0 Å². The van der Waals surface area contributed by atoms with Gasteiger partial charge in [0.1, 0.15) is 0 Å². The first-order valence-electron chi connectivity index (χ1n) is 7.37. The van der Waals surface area contributed by atoms with Gasteiger partial charge < -0.3 is 0 Å². The lowest BCUT2D eigenvalue weighted by molar-refractivity contribution is -0.115. The Bertz CT molecular complexity index is 485. The van der Waals surface area contributed by atoms with Crippen LogP contribution in [0.2, 0.25) is 0 Å². The summed E-state index contributed by atoms with van der Waals surface area (Å²) < 4.78 is 0. The molecular weight excluding hydrogens is 232 g/mol. The van der Waals surface area contributed by atoms with Crippen LogP contribution >= 0.6 is 0 Å². The van der Waals surface area contributed by atoms with E-state index in [0.29, 0.717) is 12.2 Å². The van der Waals surface area contributed by atoms with E-state index in [4.69, 9.17) is 0 Å². The smallest absolute Gasteiger partial charge is 0.162 e. The number of aryl methyl sites for hydroxylation is 3. The number of carbonyl (C=O) groups excluding carboxylic acids is 1. The van der Waals surface area contributed by atoms with Crippen LogP contribution in [-0.2, 0) is 11.2 Å². The molecule has 0 saturated carbocycles. The molecule has 0 amide bonds. The summed E-state index contributed by atoms with van der Waals surface area (Å²) in [4.78, 5) is 12.4. The molecule has 1 aliphatic rings. The summed E-state index contributed by atoms with van der Waals surface area (Å²) in [5.41, 5.74) is 6.07. The normalized spacial score (nSPS) is 15.8. The van der Waals surface area contributed by atoms with Crippen molar-refractivity contribution in [3.63, 3.8) is 0 Å². The Kier molecular flexibility index (Phi) is 4.57. The maximum absolute atomic E-state index is 12.4. The quantitative estimate of drug-likeness (QED) is 0.771. The van der Waals surface area contributed by atoms with Gasteiger partial charge in [0.05, 0.1) is 0 Å². The average Bonchev–Trinajstić information content (AvgIpc) is 2.62. The molecule has 102 valence electrons. The Balaban J connectivity index is 2.17. The monoisotopic (exact) mass is 256 g/mol. The molecule has 0 heterocycles. The Morgan fingerprint density at radius 2 is 1.74 bits per heavy atom. The van der Waals surface area contributed by atoms with Crippen LogP contribution in [0.1, 0.15) is 54.4 Å². The summed E-state index contributed by atoms with van der Waals surface area (Å²) in [5, 5.41) is 0. The molecule has 0 aromatic heterocycles. The number of benzene rings is 1. The lowest BCUT2D eigenvalue weighted by Crippen LogP contribution is -2.09. The van der Waals surface area contributed by atoms with Crippen molar-refractivity contribution >= 4 is 5.78 Å². The third kappa shape index (κ3) is 3.56. The molecule has 0 aliphatic heterocycles. The molecule has 0 bridgehead atoms. The van der Waals surface area contributed by atoms with Crippen molar-refractivity contribution in [2.24, 2.45) is 0 Å². The molecule has 0 saturated heterocycles. The van der Waals surface area contributed by atoms with Gasteiger partial charge in [-0.2, -0.15) is 0 Å². The highest BCUT2D eigenvalue weighted by Crippen LogP contribution is 2.22. The van der Waals surface area contributed by atoms with Gasteiger partial charge in [-0.05, 0) is 68.7 Å². The van der Waals surface area contributed by atoms with E-state index in [1.807, 2.05) is 0 Å². The van der Waals surface area contributed by atoms with Crippen LogP contribution in [-0.4, -0.2) is 5.78 Å². The molecule has 0 unspecified atom stereocenters. The molecule has 1 aromatic carbocycles. The third-order valence-electron chi connectivity index (χ3n) is 4.08. The molecule has 0 N–H and O–H groups in total. The highest BCUT2D eigenvalue weighted by atomic mass is 16.1. The number of rotatable bonds is 3. The molecule has 1 aliphatic carbocycles. The number of hydrogen-bond acceptors (Lipinski definition) is 1. The zero-order valence-corrected chi connectivity index (χ0v) is 12.4. The summed E-state index contributed by atoms with van der Waals surface area (Å²) in [7, 11) is 0. The van der Waals surface area contributed by atoms with Crippen molar-refractivity contribution in [3.8, 4) is 0 Å². The minimum absolute atomic E-state index is 0.331. The molecular formula is C18H24O. The molecule has 19 heavy (non-hydrogen) atoms. The third-order valence-corrected chi connectivity index (χ3v) is 4.08. The van der Waals surface area contributed by atoms with Crippen LogP contribution in [0, 0.1) is 20.8 Å². The number of Topliss-reactive ketones (excluding diaryl/α,β-unsaturated/α-hetero) is 1. The van der Waals surface area contributed by atoms with Crippen molar-refractivity contribution in [2.75, 3.05) is 0 Å². The number of carbonyl (C=O) groups is 1. The van der Waals surface area contributed by atoms with Crippen LogP contribution in [0.25, 0.3) is 0 Å². The zero-order chi connectivity index (χ0) is 13.8. The zero-order valence-electron chi connectivity index (χ0n) is 12.4. The van der Waals surface area contributed by atoms with Crippen LogP contribution < -0.4 is 0 Å². The topological polar surface area (TPSA) is 17.1 Å². The molecule has 1 heteroatoms. The van der Waals surface area contributed by atoms with E-state index in [-0.39, 0.29) is 0 Å². The van der Waals surface area contributed by atoms with E-state index < -0.39 is 0 Å². The lowest BCUT2D eigenvalue weighted by atomic mass is 9.92. The first-order chi connectivity index (χ1) is 9.08. The van der Waals surface area contributed by atoms with Gasteiger partial charge in [-0.15, -0.1) is 0 Å². The second-order valence-corrected chi connectivity index (χ2v) is 5.81. The maximum atomic E-state index is 12.4. The summed E-state index contributed by atoms with van der Waals surface area (Å²) in [5.74, 6) is 0.331. The van der Waals surface area contributed by atoms with Crippen LogP contribution in [0.5, 0.6) is 0 Å². The van der Waals surface area contributed by atoms with Crippen molar-refractivity contribution in [1.82, 2.24) is 0 Å². The molecule has 0 atom stereocenters. The van der Waals surface area contributed by atoms with Gasteiger partial charge >= 0.3 is 0 Å². The summed E-state index contributed by atoms with van der Waals surface area (Å²) >= 11 is 0. The number of ketones is 1. The summed E-state index contributed by atoms with van der Waals surface area (Å²) in [6.45, 7) is 6.34. The lowest BCUT2D eigenvalue weighted by Gasteiger charge is -2.12. The molecule has 2 rings (SSSR count). The Labute approximate surface area is 116 Å². The maximum Gasteiger partial charge on any atom is 0.162 e. The van der Waals surface area contributed by atoms with E-state index >= 15 is 0 Å².